The van der Waals surface area contributed by atoms with Crippen molar-refractivity contribution in [3.8, 4) is 0 Å². The van der Waals surface area contributed by atoms with E-state index in [4.69, 9.17) is 0 Å². The Bertz CT molecular complexity index is 231. The third-order valence-corrected chi connectivity index (χ3v) is 6.06. The summed E-state index contributed by atoms with van der Waals surface area (Å²) < 4.78 is 0. The molecule has 0 heterocycles. The molecule has 2 unspecified atom stereocenters. The maximum absolute atomic E-state index is 3.71. The van der Waals surface area contributed by atoms with Gasteiger partial charge in [-0.1, -0.05) is 33.6 Å². The average Bonchev–Trinajstić information content (AvgIpc) is 2.89. The first kappa shape index (κ1) is 18.4. The number of hydrogen-bond acceptors (Lipinski definition) is 2. The predicted molar refractivity (Wildman–Crippen MR) is 94.6 cm³/mol. The maximum Gasteiger partial charge on any atom is 0.00412 e. The van der Waals surface area contributed by atoms with Gasteiger partial charge in [-0.3, -0.25) is 0 Å². The zero-order valence-corrected chi connectivity index (χ0v) is 15.1. The minimum atomic E-state index is 0.697. The van der Waals surface area contributed by atoms with Crippen molar-refractivity contribution in [1.29, 1.82) is 0 Å². The van der Waals surface area contributed by atoms with Crippen LogP contribution in [0.4, 0.5) is 0 Å². The van der Waals surface area contributed by atoms with Gasteiger partial charge in [0.2, 0.25) is 0 Å². The van der Waals surface area contributed by atoms with E-state index in [1.807, 2.05) is 0 Å². The lowest BCUT2D eigenvalue weighted by Crippen LogP contribution is -2.28. The molecular formula is C18H37NS. The topological polar surface area (TPSA) is 12.0 Å². The van der Waals surface area contributed by atoms with Crippen molar-refractivity contribution in [2.45, 2.75) is 78.7 Å². The Morgan fingerprint density at radius 2 is 1.90 bits per heavy atom. The molecule has 0 spiro atoms. The molecule has 1 aliphatic carbocycles. The van der Waals surface area contributed by atoms with E-state index in [9.17, 15) is 0 Å². The van der Waals surface area contributed by atoms with Crippen molar-refractivity contribution >= 4 is 11.8 Å². The molecule has 0 radical (unpaired) electrons. The second-order valence-corrected chi connectivity index (χ2v) is 8.27. The van der Waals surface area contributed by atoms with Gasteiger partial charge in [-0.15, -0.1) is 0 Å². The molecule has 0 aromatic heterocycles. The molecule has 1 aliphatic rings. The molecule has 120 valence electrons. The molecule has 0 saturated heterocycles. The SMILES string of the molecule is CCSCC1CCC(CCCN[C@H](C)C[C@H](C)CC)C1. The minimum absolute atomic E-state index is 0.697. The first-order chi connectivity index (χ1) is 9.65. The van der Waals surface area contributed by atoms with E-state index in [1.165, 1.54) is 63.0 Å². The molecule has 1 nitrogen and oxygen atoms in total. The van der Waals surface area contributed by atoms with E-state index in [1.54, 1.807) is 0 Å². The smallest absolute Gasteiger partial charge is 0.00412 e. The fourth-order valence-electron chi connectivity index (χ4n) is 3.47. The summed E-state index contributed by atoms with van der Waals surface area (Å²) in [4.78, 5) is 0. The second-order valence-electron chi connectivity index (χ2n) is 6.95. The van der Waals surface area contributed by atoms with Crippen LogP contribution in [0.25, 0.3) is 0 Å². The Morgan fingerprint density at radius 3 is 2.60 bits per heavy atom. The van der Waals surface area contributed by atoms with E-state index >= 15 is 0 Å². The summed E-state index contributed by atoms with van der Waals surface area (Å²) in [6.07, 6.45) is 9.98. The van der Waals surface area contributed by atoms with Crippen molar-refractivity contribution in [3.05, 3.63) is 0 Å². The second kappa shape index (κ2) is 11.0. The summed E-state index contributed by atoms with van der Waals surface area (Å²) in [7, 11) is 0. The third kappa shape index (κ3) is 7.93. The Balaban J connectivity index is 1.99. The minimum Gasteiger partial charge on any atom is -0.314 e. The van der Waals surface area contributed by atoms with E-state index in [-0.39, 0.29) is 0 Å². The molecule has 2 heteroatoms. The highest BCUT2D eigenvalue weighted by Crippen LogP contribution is 2.35. The lowest BCUT2D eigenvalue weighted by Gasteiger charge is -2.18. The van der Waals surface area contributed by atoms with E-state index < -0.39 is 0 Å². The molecule has 0 bridgehead atoms. The van der Waals surface area contributed by atoms with Gasteiger partial charge in [0.15, 0.2) is 0 Å². The van der Waals surface area contributed by atoms with Crippen molar-refractivity contribution in [2.24, 2.45) is 17.8 Å². The molecular weight excluding hydrogens is 262 g/mol. The van der Waals surface area contributed by atoms with Gasteiger partial charge < -0.3 is 5.32 Å². The van der Waals surface area contributed by atoms with Crippen LogP contribution in [0.5, 0.6) is 0 Å². The Kier molecular flexibility index (Phi) is 10.1. The Labute approximate surface area is 132 Å². The predicted octanol–water partition coefficient (Wildman–Crippen LogP) is 5.35. The van der Waals surface area contributed by atoms with E-state index in [2.05, 4.69) is 44.8 Å². The summed E-state index contributed by atoms with van der Waals surface area (Å²) in [6, 6.07) is 0.697. The first-order valence-electron chi connectivity index (χ1n) is 8.96. The lowest BCUT2D eigenvalue weighted by atomic mass is 9.99. The monoisotopic (exact) mass is 299 g/mol. The fourth-order valence-corrected chi connectivity index (χ4v) is 4.34. The van der Waals surface area contributed by atoms with Crippen LogP contribution in [-0.4, -0.2) is 24.1 Å². The van der Waals surface area contributed by atoms with Gasteiger partial charge in [0, 0.05) is 6.04 Å². The Hall–Kier alpha value is 0.310. The molecule has 4 atom stereocenters. The number of thioether (sulfide) groups is 1. The molecule has 0 aliphatic heterocycles. The van der Waals surface area contributed by atoms with Crippen LogP contribution in [0.15, 0.2) is 0 Å². The molecule has 0 amide bonds. The van der Waals surface area contributed by atoms with Gasteiger partial charge in [-0.25, -0.2) is 0 Å². The molecule has 1 saturated carbocycles. The average molecular weight is 300 g/mol. The van der Waals surface area contributed by atoms with Gasteiger partial charge in [0.05, 0.1) is 0 Å². The van der Waals surface area contributed by atoms with Crippen LogP contribution in [0, 0.1) is 17.8 Å². The molecule has 20 heavy (non-hydrogen) atoms. The molecule has 1 rings (SSSR count). The standard InChI is InChI=1S/C18H37NS/c1-5-15(3)12-16(4)19-11-7-8-17-9-10-18(13-17)14-20-6-2/h15-19H,5-14H2,1-4H3/t15-,16-,17?,18?/m1/s1. The maximum atomic E-state index is 3.71. The van der Waals surface area contributed by atoms with E-state index in [0.29, 0.717) is 6.04 Å². The van der Waals surface area contributed by atoms with Crippen LogP contribution < -0.4 is 5.32 Å². The van der Waals surface area contributed by atoms with Crippen LogP contribution >= 0.6 is 11.8 Å². The van der Waals surface area contributed by atoms with Gasteiger partial charge in [0.1, 0.15) is 0 Å². The molecule has 1 N–H and O–H groups in total. The van der Waals surface area contributed by atoms with Crippen LogP contribution in [0.2, 0.25) is 0 Å². The van der Waals surface area contributed by atoms with Crippen molar-refractivity contribution in [2.75, 3.05) is 18.1 Å². The highest BCUT2D eigenvalue weighted by Gasteiger charge is 2.23. The van der Waals surface area contributed by atoms with Crippen LogP contribution in [0.1, 0.15) is 72.6 Å². The summed E-state index contributed by atoms with van der Waals surface area (Å²) >= 11 is 2.14. The van der Waals surface area contributed by atoms with Crippen LogP contribution in [0.3, 0.4) is 0 Å². The first-order valence-corrected chi connectivity index (χ1v) is 10.1. The van der Waals surface area contributed by atoms with Crippen molar-refractivity contribution in [1.82, 2.24) is 5.32 Å². The molecule has 0 aromatic rings. The summed E-state index contributed by atoms with van der Waals surface area (Å²) in [5.41, 5.74) is 0. The normalized spacial score (nSPS) is 25.8. The number of nitrogens with one attached hydrogen (secondary N) is 1. The highest BCUT2D eigenvalue weighted by atomic mass is 32.2. The van der Waals surface area contributed by atoms with E-state index in [0.717, 1.165) is 17.8 Å². The van der Waals surface area contributed by atoms with Crippen LogP contribution in [-0.2, 0) is 0 Å². The summed E-state index contributed by atoms with van der Waals surface area (Å²) in [5, 5.41) is 3.71. The van der Waals surface area contributed by atoms with Gasteiger partial charge >= 0.3 is 0 Å². The number of hydrogen-bond donors (Lipinski definition) is 1. The van der Waals surface area contributed by atoms with Gasteiger partial charge in [-0.05, 0) is 74.8 Å². The largest absolute Gasteiger partial charge is 0.314 e. The zero-order valence-electron chi connectivity index (χ0n) is 14.3. The fraction of sp³-hybridized carbons (Fsp3) is 1.00. The number of rotatable bonds is 11. The zero-order chi connectivity index (χ0) is 14.8. The molecule has 1 fully saturated rings. The molecule has 0 aromatic carbocycles. The summed E-state index contributed by atoms with van der Waals surface area (Å²) in [5.74, 6) is 5.63. The Morgan fingerprint density at radius 1 is 1.15 bits per heavy atom. The van der Waals surface area contributed by atoms with Gasteiger partial charge in [0.25, 0.3) is 0 Å². The third-order valence-electron chi connectivity index (χ3n) is 4.94. The van der Waals surface area contributed by atoms with Gasteiger partial charge in [-0.2, -0.15) is 11.8 Å². The van der Waals surface area contributed by atoms with Crippen molar-refractivity contribution < 1.29 is 0 Å². The highest BCUT2D eigenvalue weighted by molar-refractivity contribution is 7.99. The summed E-state index contributed by atoms with van der Waals surface area (Å²) in [6.45, 7) is 10.5. The van der Waals surface area contributed by atoms with Crippen molar-refractivity contribution in [3.63, 3.8) is 0 Å². The lowest BCUT2D eigenvalue weighted by molar-refractivity contribution is 0.395. The quantitative estimate of drug-likeness (QED) is 0.516.